The maximum Gasteiger partial charge on any atom is 0.387 e. The Balaban J connectivity index is 1.86. The molecule has 0 fully saturated rings. The third-order valence-corrected chi connectivity index (χ3v) is 4.77. The Labute approximate surface area is 166 Å². The van der Waals surface area contributed by atoms with Gasteiger partial charge in [-0.25, -0.2) is 0 Å². The normalized spacial score (nSPS) is 16.9. The van der Waals surface area contributed by atoms with E-state index in [1.165, 1.54) is 6.07 Å². The van der Waals surface area contributed by atoms with Crippen LogP contribution in [0.4, 0.5) is 14.5 Å². The molecule has 1 aliphatic carbocycles. The fourth-order valence-electron chi connectivity index (χ4n) is 3.49. The number of nitrogens with zero attached hydrogens (tertiary/aromatic N) is 1. The van der Waals surface area contributed by atoms with Gasteiger partial charge in [-0.1, -0.05) is 42.5 Å². The highest BCUT2D eigenvalue weighted by atomic mass is 19.3. The number of carbonyl (C=O) groups is 1. The molecule has 146 valence electrons. The molecule has 0 aromatic heterocycles. The van der Waals surface area contributed by atoms with Gasteiger partial charge in [-0.2, -0.15) is 8.78 Å². The lowest BCUT2D eigenvalue weighted by Crippen LogP contribution is -2.16. The van der Waals surface area contributed by atoms with Crippen LogP contribution in [0.2, 0.25) is 0 Å². The number of methoxy groups -OCH3 is 1. The van der Waals surface area contributed by atoms with Crippen LogP contribution < -0.4 is 9.47 Å². The van der Waals surface area contributed by atoms with Crippen LogP contribution in [0.15, 0.2) is 77.8 Å². The predicted octanol–water partition coefficient (Wildman–Crippen LogP) is 5.40. The first kappa shape index (κ1) is 18.8. The summed E-state index contributed by atoms with van der Waals surface area (Å²) in [5, 5.41) is 0. The standard InChI is InChI=1S/C23H17F2NO3/c1-28-15-12-10-14(11-13-15)26-21-16-6-2-3-7-17(16)22(27)20(21)18-8-4-5-9-19(18)29-23(24)25/h2-13,20,23H,1H3. The lowest BCUT2D eigenvalue weighted by molar-refractivity contribution is -0.0504. The van der Waals surface area contributed by atoms with Crippen LogP contribution in [0.5, 0.6) is 11.5 Å². The van der Waals surface area contributed by atoms with Crippen molar-refractivity contribution < 1.29 is 23.0 Å². The zero-order valence-electron chi connectivity index (χ0n) is 15.5. The minimum Gasteiger partial charge on any atom is -0.497 e. The van der Waals surface area contributed by atoms with E-state index in [1.807, 2.05) is 12.1 Å². The number of carbonyl (C=O) groups excluding carboxylic acids is 1. The summed E-state index contributed by atoms with van der Waals surface area (Å²) in [6.45, 7) is -2.99. The van der Waals surface area contributed by atoms with Crippen LogP contribution in [-0.4, -0.2) is 25.2 Å². The molecule has 0 spiro atoms. The molecular formula is C23H17F2NO3. The van der Waals surface area contributed by atoms with Crippen LogP contribution >= 0.6 is 0 Å². The van der Waals surface area contributed by atoms with E-state index in [4.69, 9.17) is 9.73 Å². The molecule has 6 heteroatoms. The lowest BCUT2D eigenvalue weighted by Gasteiger charge is -2.16. The van der Waals surface area contributed by atoms with Crippen molar-refractivity contribution in [2.75, 3.05) is 7.11 Å². The Kier molecular flexibility index (Phi) is 5.08. The molecule has 1 aliphatic rings. The van der Waals surface area contributed by atoms with Gasteiger partial charge in [0.1, 0.15) is 11.5 Å². The number of benzene rings is 3. The molecule has 1 atom stereocenters. The molecular weight excluding hydrogens is 376 g/mol. The van der Waals surface area contributed by atoms with E-state index < -0.39 is 12.5 Å². The van der Waals surface area contributed by atoms with Gasteiger partial charge in [0.05, 0.1) is 24.4 Å². The number of hydrogen-bond acceptors (Lipinski definition) is 4. The molecule has 29 heavy (non-hydrogen) atoms. The zero-order valence-corrected chi connectivity index (χ0v) is 15.5. The first-order valence-electron chi connectivity index (χ1n) is 8.98. The maximum absolute atomic E-state index is 13.2. The van der Waals surface area contributed by atoms with Gasteiger partial charge < -0.3 is 9.47 Å². The fraction of sp³-hybridized carbons (Fsp3) is 0.130. The van der Waals surface area contributed by atoms with Crippen molar-refractivity contribution in [1.82, 2.24) is 0 Å². The van der Waals surface area contributed by atoms with Gasteiger partial charge in [0.2, 0.25) is 0 Å². The van der Waals surface area contributed by atoms with Crippen LogP contribution in [-0.2, 0) is 0 Å². The number of rotatable bonds is 5. The summed E-state index contributed by atoms with van der Waals surface area (Å²) in [6, 6.07) is 20.5. The quantitative estimate of drug-likeness (QED) is 0.583. The van der Waals surface area contributed by atoms with Gasteiger partial charge in [-0.05, 0) is 30.3 Å². The third kappa shape index (κ3) is 3.61. The monoisotopic (exact) mass is 393 g/mol. The Morgan fingerprint density at radius 2 is 1.55 bits per heavy atom. The SMILES string of the molecule is COc1ccc(N=C2c3ccccc3C(=O)C2c2ccccc2OC(F)F)cc1. The molecule has 4 rings (SSSR count). The second kappa shape index (κ2) is 7.83. The number of fused-ring (bicyclic) bond motifs is 1. The molecule has 0 bridgehead atoms. The number of Topliss-reactive ketones (excluding diaryl/α,β-unsaturated/α-hetero) is 1. The Hall–Kier alpha value is -3.54. The molecule has 1 unspecified atom stereocenters. The van der Waals surface area contributed by atoms with Crippen LogP contribution in [0, 0.1) is 0 Å². The summed E-state index contributed by atoms with van der Waals surface area (Å²) in [6.07, 6.45) is 0. The zero-order chi connectivity index (χ0) is 20.4. The average molecular weight is 393 g/mol. The highest BCUT2D eigenvalue weighted by Crippen LogP contribution is 2.40. The van der Waals surface area contributed by atoms with E-state index in [2.05, 4.69) is 4.74 Å². The van der Waals surface area contributed by atoms with Gasteiger partial charge in [0.15, 0.2) is 5.78 Å². The first-order chi connectivity index (χ1) is 14.1. The fourth-order valence-corrected chi connectivity index (χ4v) is 3.49. The molecule has 0 heterocycles. The summed E-state index contributed by atoms with van der Waals surface area (Å²) >= 11 is 0. The van der Waals surface area contributed by atoms with Gasteiger partial charge in [-0.3, -0.25) is 9.79 Å². The van der Waals surface area contributed by atoms with E-state index in [1.54, 1.807) is 61.7 Å². The van der Waals surface area contributed by atoms with Gasteiger partial charge >= 0.3 is 6.61 Å². The Morgan fingerprint density at radius 1 is 0.897 bits per heavy atom. The summed E-state index contributed by atoms with van der Waals surface area (Å²) in [4.78, 5) is 17.9. The molecule has 0 saturated heterocycles. The smallest absolute Gasteiger partial charge is 0.387 e. The number of ketones is 1. The number of ether oxygens (including phenoxy) is 2. The lowest BCUT2D eigenvalue weighted by atomic mass is 9.92. The van der Waals surface area contributed by atoms with Gasteiger partial charge in [0, 0.05) is 16.7 Å². The number of para-hydroxylation sites is 1. The van der Waals surface area contributed by atoms with E-state index in [0.29, 0.717) is 33.8 Å². The molecule has 0 N–H and O–H groups in total. The molecule has 0 saturated carbocycles. The van der Waals surface area contributed by atoms with Crippen LogP contribution in [0.25, 0.3) is 0 Å². The van der Waals surface area contributed by atoms with E-state index in [-0.39, 0.29) is 11.5 Å². The molecule has 3 aromatic rings. The number of alkyl halides is 2. The highest BCUT2D eigenvalue weighted by molar-refractivity contribution is 6.32. The topological polar surface area (TPSA) is 47.9 Å². The second-order valence-corrected chi connectivity index (χ2v) is 6.45. The average Bonchev–Trinajstić information content (AvgIpc) is 3.01. The van der Waals surface area contributed by atoms with Crippen molar-refractivity contribution in [2.24, 2.45) is 4.99 Å². The Bertz CT molecular complexity index is 1080. The highest BCUT2D eigenvalue weighted by Gasteiger charge is 2.39. The predicted molar refractivity (Wildman–Crippen MR) is 106 cm³/mol. The van der Waals surface area contributed by atoms with Crippen molar-refractivity contribution in [2.45, 2.75) is 12.5 Å². The number of halogens is 2. The van der Waals surface area contributed by atoms with Crippen molar-refractivity contribution in [3.8, 4) is 11.5 Å². The maximum atomic E-state index is 13.2. The molecule has 0 radical (unpaired) electrons. The van der Waals surface area contributed by atoms with Crippen molar-refractivity contribution in [3.05, 3.63) is 89.5 Å². The minimum absolute atomic E-state index is 0.0314. The number of hydrogen-bond donors (Lipinski definition) is 0. The Morgan fingerprint density at radius 3 is 2.24 bits per heavy atom. The molecule has 4 nitrogen and oxygen atoms in total. The largest absolute Gasteiger partial charge is 0.497 e. The van der Waals surface area contributed by atoms with Crippen LogP contribution in [0.3, 0.4) is 0 Å². The molecule has 3 aromatic carbocycles. The van der Waals surface area contributed by atoms with Crippen molar-refractivity contribution >= 4 is 17.2 Å². The molecule has 0 aliphatic heterocycles. The first-order valence-corrected chi connectivity index (χ1v) is 8.98. The van der Waals surface area contributed by atoms with Gasteiger partial charge in [-0.15, -0.1) is 0 Å². The molecule has 0 amide bonds. The van der Waals surface area contributed by atoms with Crippen molar-refractivity contribution in [3.63, 3.8) is 0 Å². The van der Waals surface area contributed by atoms with E-state index in [9.17, 15) is 13.6 Å². The second-order valence-electron chi connectivity index (χ2n) is 6.45. The summed E-state index contributed by atoms with van der Waals surface area (Å²) in [5.41, 5.74) is 2.69. The van der Waals surface area contributed by atoms with E-state index >= 15 is 0 Å². The third-order valence-electron chi connectivity index (χ3n) is 4.77. The summed E-state index contributed by atoms with van der Waals surface area (Å²) in [7, 11) is 1.57. The number of aliphatic imine (C=N–C) groups is 1. The van der Waals surface area contributed by atoms with E-state index in [0.717, 1.165) is 0 Å². The van der Waals surface area contributed by atoms with Crippen molar-refractivity contribution in [1.29, 1.82) is 0 Å². The minimum atomic E-state index is -2.99. The summed E-state index contributed by atoms with van der Waals surface area (Å²) in [5.74, 6) is -0.372. The summed E-state index contributed by atoms with van der Waals surface area (Å²) < 4.78 is 35.7. The van der Waals surface area contributed by atoms with Crippen LogP contribution in [0.1, 0.15) is 27.4 Å². The van der Waals surface area contributed by atoms with Gasteiger partial charge in [0.25, 0.3) is 0 Å².